The molecule has 1 N–H and O–H groups in total. The lowest BCUT2D eigenvalue weighted by atomic mass is 10.1. The summed E-state index contributed by atoms with van der Waals surface area (Å²) in [4.78, 5) is 14.2. The Balaban J connectivity index is 1.53. The van der Waals surface area contributed by atoms with Crippen molar-refractivity contribution in [2.24, 2.45) is 0 Å². The number of amides is 1. The molecule has 0 aliphatic carbocycles. The fraction of sp³-hybridized carbons (Fsp3) is 0.421. The minimum absolute atomic E-state index is 0.0206. The Morgan fingerprint density at radius 2 is 1.92 bits per heavy atom. The van der Waals surface area contributed by atoms with Crippen molar-refractivity contribution in [1.82, 2.24) is 15.1 Å². The van der Waals surface area contributed by atoms with Gasteiger partial charge in [0.25, 0.3) is 5.91 Å². The van der Waals surface area contributed by atoms with Crippen LogP contribution in [0.1, 0.15) is 35.3 Å². The minimum atomic E-state index is -0.0206. The molecule has 0 radical (unpaired) electrons. The van der Waals surface area contributed by atoms with Crippen LogP contribution >= 0.6 is 0 Å². The molecular weight excluding hydrogens is 316 g/mol. The number of benzene rings is 1. The number of carbonyl (C=O) groups excluding carboxylic acids is 1. The van der Waals surface area contributed by atoms with Crippen LogP contribution in [0.3, 0.4) is 0 Å². The van der Waals surface area contributed by atoms with Crippen molar-refractivity contribution in [3.63, 3.8) is 0 Å². The maximum absolute atomic E-state index is 12.4. The molecule has 2 heterocycles. The van der Waals surface area contributed by atoms with Gasteiger partial charge in [-0.3, -0.25) is 4.79 Å². The van der Waals surface area contributed by atoms with E-state index in [0.717, 1.165) is 43.7 Å². The van der Waals surface area contributed by atoms with Crippen LogP contribution in [0.2, 0.25) is 0 Å². The highest BCUT2D eigenvalue weighted by Crippen LogP contribution is 2.18. The molecule has 6 heteroatoms. The first kappa shape index (κ1) is 17.2. The van der Waals surface area contributed by atoms with Crippen LogP contribution in [0.15, 0.2) is 36.4 Å². The van der Waals surface area contributed by atoms with E-state index in [-0.39, 0.29) is 5.91 Å². The summed E-state index contributed by atoms with van der Waals surface area (Å²) in [5.41, 5.74) is 1.56. The number of rotatable bonds is 6. The summed E-state index contributed by atoms with van der Waals surface area (Å²) in [7, 11) is 1.68. The number of nitrogens with one attached hydrogen (secondary N) is 1. The van der Waals surface area contributed by atoms with E-state index in [9.17, 15) is 4.79 Å². The fourth-order valence-electron chi connectivity index (χ4n) is 3.03. The van der Waals surface area contributed by atoms with Crippen LogP contribution in [-0.2, 0) is 6.42 Å². The zero-order valence-electron chi connectivity index (χ0n) is 14.6. The quantitative estimate of drug-likeness (QED) is 0.876. The average molecular weight is 340 g/mol. The van der Waals surface area contributed by atoms with Gasteiger partial charge in [-0.2, -0.15) is 0 Å². The topological polar surface area (TPSA) is 67.3 Å². The third kappa shape index (κ3) is 4.47. The van der Waals surface area contributed by atoms with Gasteiger partial charge in [0.1, 0.15) is 11.6 Å². The number of ether oxygens (including phenoxy) is 1. The lowest BCUT2D eigenvalue weighted by Crippen LogP contribution is -2.36. The van der Waals surface area contributed by atoms with Crippen molar-refractivity contribution in [2.45, 2.75) is 25.7 Å². The fourth-order valence-corrected chi connectivity index (χ4v) is 3.03. The molecule has 3 rings (SSSR count). The first-order chi connectivity index (χ1) is 12.3. The predicted molar refractivity (Wildman–Crippen MR) is 97.0 cm³/mol. The molecule has 1 fully saturated rings. The first-order valence-electron chi connectivity index (χ1n) is 8.76. The van der Waals surface area contributed by atoms with E-state index in [1.54, 1.807) is 13.2 Å². The van der Waals surface area contributed by atoms with Crippen LogP contribution in [0.25, 0.3) is 0 Å². The minimum Gasteiger partial charge on any atom is -0.496 e. The monoisotopic (exact) mass is 340 g/mol. The largest absolute Gasteiger partial charge is 0.496 e. The van der Waals surface area contributed by atoms with Gasteiger partial charge in [-0.25, -0.2) is 0 Å². The van der Waals surface area contributed by atoms with Crippen LogP contribution in [0, 0.1) is 0 Å². The second-order valence-electron chi connectivity index (χ2n) is 6.15. The lowest BCUT2D eigenvalue weighted by Gasteiger charge is -2.26. The molecule has 6 nitrogen and oxygen atoms in total. The van der Waals surface area contributed by atoms with Gasteiger partial charge in [0.15, 0.2) is 5.69 Å². The normalized spacial score (nSPS) is 14.2. The highest BCUT2D eigenvalue weighted by atomic mass is 16.5. The van der Waals surface area contributed by atoms with E-state index in [4.69, 9.17) is 4.74 Å². The Morgan fingerprint density at radius 3 is 2.64 bits per heavy atom. The molecule has 132 valence electrons. The summed E-state index contributed by atoms with van der Waals surface area (Å²) in [6.45, 7) is 2.35. The van der Waals surface area contributed by atoms with Gasteiger partial charge in [-0.05, 0) is 49.4 Å². The zero-order chi connectivity index (χ0) is 17.5. The third-order valence-corrected chi connectivity index (χ3v) is 4.42. The Kier molecular flexibility index (Phi) is 5.82. The number of likely N-dealkylation sites (tertiary alicyclic amines) is 1. The van der Waals surface area contributed by atoms with Crippen LogP contribution in [0.5, 0.6) is 5.75 Å². The van der Waals surface area contributed by atoms with Crippen molar-refractivity contribution in [3.05, 3.63) is 47.7 Å². The molecule has 0 spiro atoms. The van der Waals surface area contributed by atoms with Gasteiger partial charge in [0.05, 0.1) is 7.11 Å². The maximum atomic E-state index is 12.4. The SMILES string of the molecule is COc1ccccc1CCNc1ccc(C(=O)N2CCCCC2)nn1. The van der Waals surface area contributed by atoms with Gasteiger partial charge in [0.2, 0.25) is 0 Å². The Bertz CT molecular complexity index is 697. The van der Waals surface area contributed by atoms with E-state index in [1.807, 2.05) is 35.2 Å². The van der Waals surface area contributed by atoms with Gasteiger partial charge in [-0.15, -0.1) is 10.2 Å². The molecular formula is C19H24N4O2. The molecule has 1 aliphatic heterocycles. The molecule has 0 unspecified atom stereocenters. The van der Waals surface area contributed by atoms with E-state index in [0.29, 0.717) is 18.1 Å². The molecule has 1 saturated heterocycles. The molecule has 0 bridgehead atoms. The molecule has 1 amide bonds. The Hall–Kier alpha value is -2.63. The first-order valence-corrected chi connectivity index (χ1v) is 8.76. The zero-order valence-corrected chi connectivity index (χ0v) is 14.6. The summed E-state index contributed by atoms with van der Waals surface area (Å²) in [6.07, 6.45) is 4.16. The predicted octanol–water partition coefficient (Wildman–Crippen LogP) is 2.77. The molecule has 1 aliphatic rings. The van der Waals surface area contributed by atoms with Crippen molar-refractivity contribution < 1.29 is 9.53 Å². The number of hydrogen-bond donors (Lipinski definition) is 1. The van der Waals surface area contributed by atoms with Crippen molar-refractivity contribution in [2.75, 3.05) is 32.1 Å². The van der Waals surface area contributed by atoms with E-state index in [2.05, 4.69) is 15.5 Å². The summed E-state index contributed by atoms with van der Waals surface area (Å²) in [6, 6.07) is 11.5. The number of aromatic nitrogens is 2. The van der Waals surface area contributed by atoms with Gasteiger partial charge >= 0.3 is 0 Å². The highest BCUT2D eigenvalue weighted by molar-refractivity contribution is 5.92. The van der Waals surface area contributed by atoms with Gasteiger partial charge in [0, 0.05) is 19.6 Å². The smallest absolute Gasteiger partial charge is 0.274 e. The van der Waals surface area contributed by atoms with Crippen molar-refractivity contribution in [1.29, 1.82) is 0 Å². The molecule has 0 atom stereocenters. The standard InChI is InChI=1S/C19H24N4O2/c1-25-17-8-4-3-7-15(17)11-12-20-18-10-9-16(21-22-18)19(24)23-13-5-2-6-14-23/h3-4,7-10H,2,5-6,11-14H2,1H3,(H,20,22). The summed E-state index contributed by atoms with van der Waals surface area (Å²) in [5.74, 6) is 1.54. The lowest BCUT2D eigenvalue weighted by molar-refractivity contribution is 0.0717. The summed E-state index contributed by atoms with van der Waals surface area (Å²) >= 11 is 0. The number of para-hydroxylation sites is 1. The number of nitrogens with zero attached hydrogens (tertiary/aromatic N) is 3. The molecule has 0 saturated carbocycles. The van der Waals surface area contributed by atoms with E-state index < -0.39 is 0 Å². The number of piperidine rings is 1. The molecule has 25 heavy (non-hydrogen) atoms. The highest BCUT2D eigenvalue weighted by Gasteiger charge is 2.19. The number of methoxy groups -OCH3 is 1. The van der Waals surface area contributed by atoms with Gasteiger partial charge in [-0.1, -0.05) is 18.2 Å². The van der Waals surface area contributed by atoms with Crippen molar-refractivity contribution >= 4 is 11.7 Å². The molecule has 2 aromatic rings. The van der Waals surface area contributed by atoms with Crippen LogP contribution in [-0.4, -0.2) is 47.7 Å². The second kappa shape index (κ2) is 8.46. The Morgan fingerprint density at radius 1 is 1.12 bits per heavy atom. The van der Waals surface area contributed by atoms with E-state index >= 15 is 0 Å². The third-order valence-electron chi connectivity index (χ3n) is 4.42. The number of carbonyl (C=O) groups is 1. The number of anilines is 1. The van der Waals surface area contributed by atoms with Gasteiger partial charge < -0.3 is 15.0 Å². The molecule has 1 aromatic heterocycles. The van der Waals surface area contributed by atoms with E-state index in [1.165, 1.54) is 6.42 Å². The molecule has 1 aromatic carbocycles. The summed E-state index contributed by atoms with van der Waals surface area (Å²) < 4.78 is 5.35. The maximum Gasteiger partial charge on any atom is 0.274 e. The summed E-state index contributed by atoms with van der Waals surface area (Å²) in [5, 5.41) is 11.4. The Labute approximate surface area is 148 Å². The average Bonchev–Trinajstić information content (AvgIpc) is 2.69. The second-order valence-corrected chi connectivity index (χ2v) is 6.15. The van der Waals surface area contributed by atoms with Crippen LogP contribution < -0.4 is 10.1 Å². The van der Waals surface area contributed by atoms with Crippen molar-refractivity contribution in [3.8, 4) is 5.75 Å². The number of hydrogen-bond acceptors (Lipinski definition) is 5. The van der Waals surface area contributed by atoms with Crippen LogP contribution in [0.4, 0.5) is 5.82 Å².